The van der Waals surface area contributed by atoms with E-state index in [4.69, 9.17) is 9.97 Å². The van der Waals surface area contributed by atoms with Gasteiger partial charge >= 0.3 is 0 Å². The Bertz CT molecular complexity index is 2180. The number of benzene rings is 2. The maximum Gasteiger partial charge on any atom is 0.194 e. The fraction of sp³-hybridized carbons (Fsp3) is 0. The van der Waals surface area contributed by atoms with Gasteiger partial charge < -0.3 is 0 Å². The van der Waals surface area contributed by atoms with E-state index in [1.165, 1.54) is 45.3 Å². The molecule has 8 rings (SSSR count). The van der Waals surface area contributed by atoms with E-state index in [1.54, 1.807) is 34.8 Å². The number of aromatic nitrogens is 2. The van der Waals surface area contributed by atoms with Crippen molar-refractivity contribution in [1.29, 1.82) is 0 Å². The summed E-state index contributed by atoms with van der Waals surface area (Å²) in [5.41, 5.74) is 0.561. The monoisotopic (exact) mass is 730 g/mol. The number of thiazole rings is 2. The van der Waals surface area contributed by atoms with E-state index in [2.05, 4.69) is 0 Å². The minimum atomic E-state index is -1.48. The minimum Gasteiger partial charge on any atom is -0.222 e. The second-order valence-electron chi connectivity index (χ2n) is 9.81. The molecule has 2 aromatic carbocycles. The van der Waals surface area contributed by atoms with Crippen LogP contribution in [0.25, 0.3) is 69.8 Å². The lowest BCUT2D eigenvalue weighted by Crippen LogP contribution is -1.90. The van der Waals surface area contributed by atoms with Crippen LogP contribution >= 0.6 is 68.0 Å². The first kappa shape index (κ1) is 29.7. The Hall–Kier alpha value is -3.66. The number of hydrogen-bond acceptors (Lipinski definition) is 8. The van der Waals surface area contributed by atoms with Gasteiger partial charge in [0, 0.05) is 29.3 Å². The van der Waals surface area contributed by atoms with Gasteiger partial charge in [-0.25, -0.2) is 36.3 Å². The van der Waals surface area contributed by atoms with Gasteiger partial charge in [-0.2, -0.15) is 0 Å². The van der Waals surface area contributed by atoms with Gasteiger partial charge in [0.1, 0.15) is 10.0 Å². The van der Waals surface area contributed by atoms with Crippen molar-refractivity contribution in [2.45, 2.75) is 0 Å². The topological polar surface area (TPSA) is 25.8 Å². The van der Waals surface area contributed by atoms with Crippen LogP contribution in [0.1, 0.15) is 0 Å². The molecule has 46 heavy (non-hydrogen) atoms. The van der Waals surface area contributed by atoms with Gasteiger partial charge in [0.2, 0.25) is 0 Å². The van der Waals surface area contributed by atoms with Gasteiger partial charge in [0.05, 0.1) is 9.75 Å². The molecule has 0 aliphatic rings. The Morgan fingerprint density at radius 2 is 0.630 bits per heavy atom. The second kappa shape index (κ2) is 11.5. The zero-order chi connectivity index (χ0) is 31.7. The highest BCUT2D eigenvalue weighted by Crippen LogP contribution is 2.45. The lowest BCUT2D eigenvalue weighted by molar-refractivity contribution is 0.447. The third-order valence-electron chi connectivity index (χ3n) is 6.84. The van der Waals surface area contributed by atoms with Gasteiger partial charge in [-0.05, 0) is 83.9 Å². The van der Waals surface area contributed by atoms with Crippen molar-refractivity contribution in [2.24, 2.45) is 0 Å². The maximum atomic E-state index is 13.7. The van der Waals surface area contributed by atoms with E-state index < -0.39 is 34.9 Å². The Kier molecular flexibility index (Phi) is 7.46. The summed E-state index contributed by atoms with van der Waals surface area (Å²) in [5.74, 6) is -7.85. The summed E-state index contributed by atoms with van der Waals surface area (Å²) in [6.45, 7) is 0. The summed E-state index contributed by atoms with van der Waals surface area (Å²) in [6, 6.07) is 19.2. The molecular formula is C32H12F6N2S6. The van der Waals surface area contributed by atoms with Crippen LogP contribution in [-0.4, -0.2) is 9.97 Å². The molecule has 0 spiro atoms. The normalized spacial score (nSPS) is 11.7. The lowest BCUT2D eigenvalue weighted by Gasteiger charge is -2.00. The van der Waals surface area contributed by atoms with E-state index in [-0.39, 0.29) is 11.1 Å². The Morgan fingerprint density at radius 3 is 0.978 bits per heavy atom. The van der Waals surface area contributed by atoms with E-state index in [0.29, 0.717) is 9.75 Å². The second-order valence-corrected chi connectivity index (χ2v) is 16.1. The van der Waals surface area contributed by atoms with Crippen molar-refractivity contribution in [1.82, 2.24) is 9.97 Å². The molecule has 14 heteroatoms. The first-order chi connectivity index (χ1) is 22.2. The number of halogens is 6. The molecular weight excluding hydrogens is 719 g/mol. The van der Waals surface area contributed by atoms with Crippen molar-refractivity contribution >= 4 is 77.7 Å². The molecule has 0 saturated heterocycles. The zero-order valence-corrected chi connectivity index (χ0v) is 27.4. The third-order valence-corrected chi connectivity index (χ3v) is 14.0. The number of fused-ring (bicyclic) bond motifs is 1. The molecule has 0 atom stereocenters. The van der Waals surface area contributed by atoms with Crippen LogP contribution in [0.5, 0.6) is 0 Å². The molecule has 0 N–H and O–H groups in total. The molecule has 0 aliphatic carbocycles. The fourth-order valence-corrected chi connectivity index (χ4v) is 11.0. The summed E-state index contributed by atoms with van der Waals surface area (Å²) >= 11 is 8.81. The van der Waals surface area contributed by atoms with Crippen molar-refractivity contribution in [3.05, 3.63) is 108 Å². The van der Waals surface area contributed by atoms with Crippen LogP contribution in [0.4, 0.5) is 26.3 Å². The molecule has 228 valence electrons. The molecule has 8 aromatic rings. The number of rotatable bonds is 6. The molecule has 0 aliphatic heterocycles. The average Bonchev–Trinajstić information content (AvgIpc) is 3.86. The summed E-state index contributed by atoms with van der Waals surface area (Å²) in [5, 5.41) is 1.67. The highest BCUT2D eigenvalue weighted by atomic mass is 32.1. The van der Waals surface area contributed by atoms with Crippen LogP contribution in [0.3, 0.4) is 0 Å². The van der Waals surface area contributed by atoms with Gasteiger partial charge in [0.25, 0.3) is 0 Å². The average molecular weight is 731 g/mol. The Labute approximate surface area is 280 Å². The van der Waals surface area contributed by atoms with Gasteiger partial charge in [-0.3, -0.25) is 0 Å². The molecule has 0 bridgehead atoms. The van der Waals surface area contributed by atoms with Gasteiger partial charge in [0.15, 0.2) is 44.6 Å². The predicted octanol–water partition coefficient (Wildman–Crippen LogP) is 12.8. The van der Waals surface area contributed by atoms with Crippen molar-refractivity contribution < 1.29 is 26.3 Å². The van der Waals surface area contributed by atoms with Crippen LogP contribution < -0.4 is 0 Å². The highest BCUT2D eigenvalue weighted by molar-refractivity contribution is 7.33. The largest absolute Gasteiger partial charge is 0.222 e. The molecule has 6 heterocycles. The van der Waals surface area contributed by atoms with Gasteiger partial charge in [-0.1, -0.05) is 22.7 Å². The smallest absolute Gasteiger partial charge is 0.194 e. The summed E-state index contributed by atoms with van der Waals surface area (Å²) in [4.78, 5) is 18.3. The van der Waals surface area contributed by atoms with Crippen molar-refractivity contribution in [3.63, 3.8) is 0 Å². The minimum absolute atomic E-state index is 0.280. The fourth-order valence-electron chi connectivity index (χ4n) is 4.67. The summed E-state index contributed by atoms with van der Waals surface area (Å²) in [7, 11) is 0. The van der Waals surface area contributed by atoms with E-state index in [9.17, 15) is 26.3 Å². The molecule has 0 fully saturated rings. The van der Waals surface area contributed by atoms with Crippen LogP contribution in [0.2, 0.25) is 0 Å². The standard InChI is InChI=1S/C32H12F6N2S6/c33-15-9-13(10-16(34)27(15)37)19-1-3-21(41-19)23-5-7-25(43-23)29-39-31-32(45-29)40-30(46-31)26-8-6-24(44-26)22-4-2-20(42-22)14-11-17(35)28(38)18(36)12-14/h1-12H. The van der Waals surface area contributed by atoms with Crippen molar-refractivity contribution in [2.75, 3.05) is 0 Å². The van der Waals surface area contributed by atoms with Crippen molar-refractivity contribution in [3.8, 4) is 60.2 Å². The SMILES string of the molecule is Fc1cc(-c2ccc(-c3ccc(-c4nc5sc(-c6ccc(-c7ccc(-c8cc(F)c(F)c(F)c8)s7)s6)nc5s4)s3)s2)cc(F)c1F. The molecule has 0 saturated carbocycles. The van der Waals surface area contributed by atoms with E-state index >= 15 is 0 Å². The zero-order valence-electron chi connectivity index (χ0n) is 22.5. The number of hydrogen-bond donors (Lipinski definition) is 0. The Balaban J connectivity index is 1.01. The van der Waals surface area contributed by atoms with Crippen LogP contribution in [0.15, 0.2) is 72.8 Å². The molecule has 2 nitrogen and oxygen atoms in total. The first-order valence-electron chi connectivity index (χ1n) is 13.2. The summed E-state index contributed by atoms with van der Waals surface area (Å²) < 4.78 is 81.7. The first-order valence-corrected chi connectivity index (χ1v) is 18.1. The lowest BCUT2D eigenvalue weighted by atomic mass is 10.1. The summed E-state index contributed by atoms with van der Waals surface area (Å²) in [6.07, 6.45) is 0. The molecule has 6 aromatic heterocycles. The molecule has 0 amide bonds. The quantitative estimate of drug-likeness (QED) is 0.126. The van der Waals surface area contributed by atoms with Crippen LogP contribution in [-0.2, 0) is 0 Å². The molecule has 0 radical (unpaired) electrons. The number of thiophene rings is 4. The van der Waals surface area contributed by atoms with E-state index in [0.717, 1.165) is 73.2 Å². The molecule has 0 unspecified atom stereocenters. The van der Waals surface area contributed by atoms with E-state index in [1.807, 2.05) is 36.4 Å². The van der Waals surface area contributed by atoms with Gasteiger partial charge in [-0.15, -0.1) is 45.3 Å². The highest BCUT2D eigenvalue weighted by Gasteiger charge is 2.19. The van der Waals surface area contributed by atoms with Crippen LogP contribution in [0, 0.1) is 34.9 Å². The maximum absolute atomic E-state index is 13.7. The third kappa shape index (κ3) is 5.32. The number of nitrogens with zero attached hydrogens (tertiary/aromatic N) is 2. The Morgan fingerprint density at radius 1 is 0.348 bits per heavy atom. The predicted molar refractivity (Wildman–Crippen MR) is 179 cm³/mol.